The third-order valence-electron chi connectivity index (χ3n) is 2.70. The van der Waals surface area contributed by atoms with Crippen LogP contribution in [-0.4, -0.2) is 12.3 Å². The predicted octanol–water partition coefficient (Wildman–Crippen LogP) is 3.29. The first-order valence-electron chi connectivity index (χ1n) is 5.02. The van der Waals surface area contributed by atoms with Gasteiger partial charge in [0.15, 0.2) is 0 Å². The highest BCUT2D eigenvalue weighted by Gasteiger charge is 2.31. The monoisotopic (exact) mass is 223 g/mol. The molecule has 0 spiro atoms. The molecule has 0 saturated carbocycles. The van der Waals surface area contributed by atoms with Crippen LogP contribution >= 0.6 is 11.6 Å². The van der Waals surface area contributed by atoms with Crippen molar-refractivity contribution < 1.29 is 4.84 Å². The van der Waals surface area contributed by atoms with Gasteiger partial charge in [0.2, 0.25) is 0 Å². The molecule has 0 unspecified atom stereocenters. The van der Waals surface area contributed by atoms with Crippen molar-refractivity contribution in [3.63, 3.8) is 0 Å². The second-order valence-electron chi connectivity index (χ2n) is 4.46. The summed E-state index contributed by atoms with van der Waals surface area (Å²) in [6.07, 6.45) is 0.771. The number of rotatable bonds is 2. The van der Waals surface area contributed by atoms with E-state index in [4.69, 9.17) is 16.4 Å². The van der Waals surface area contributed by atoms with Crippen LogP contribution in [0.4, 0.5) is 0 Å². The van der Waals surface area contributed by atoms with Crippen molar-refractivity contribution in [2.45, 2.75) is 20.3 Å². The summed E-state index contributed by atoms with van der Waals surface area (Å²) < 4.78 is 0. The van der Waals surface area contributed by atoms with Crippen LogP contribution in [0, 0.1) is 5.41 Å². The Labute approximate surface area is 94.9 Å². The first kappa shape index (κ1) is 10.5. The van der Waals surface area contributed by atoms with E-state index in [-0.39, 0.29) is 5.41 Å². The van der Waals surface area contributed by atoms with Gasteiger partial charge in [0.25, 0.3) is 0 Å². The zero-order valence-electron chi connectivity index (χ0n) is 8.96. The Hall–Kier alpha value is -1.02. The van der Waals surface area contributed by atoms with Gasteiger partial charge in [0.05, 0.1) is 5.71 Å². The van der Waals surface area contributed by atoms with Crippen molar-refractivity contribution in [2.75, 3.05) is 6.61 Å². The van der Waals surface area contributed by atoms with Crippen molar-refractivity contribution in [1.29, 1.82) is 0 Å². The van der Waals surface area contributed by atoms with E-state index in [1.807, 2.05) is 24.3 Å². The fourth-order valence-corrected chi connectivity index (χ4v) is 1.77. The first-order valence-corrected chi connectivity index (χ1v) is 5.40. The molecule has 0 radical (unpaired) electrons. The molecule has 1 aliphatic heterocycles. The number of hydrogen-bond acceptors (Lipinski definition) is 2. The van der Waals surface area contributed by atoms with E-state index < -0.39 is 0 Å². The molecular formula is C12H14ClNO. The molecule has 0 fully saturated rings. The molecule has 1 heterocycles. The highest BCUT2D eigenvalue weighted by atomic mass is 35.5. The summed E-state index contributed by atoms with van der Waals surface area (Å²) >= 11 is 6.10. The average Bonchev–Trinajstić information content (AvgIpc) is 2.50. The molecule has 2 rings (SSSR count). The maximum absolute atomic E-state index is 6.10. The van der Waals surface area contributed by atoms with Crippen LogP contribution in [0.15, 0.2) is 29.4 Å². The molecule has 80 valence electrons. The molecule has 0 bridgehead atoms. The minimum Gasteiger partial charge on any atom is -0.395 e. The van der Waals surface area contributed by atoms with Gasteiger partial charge < -0.3 is 4.84 Å². The van der Waals surface area contributed by atoms with E-state index in [0.717, 1.165) is 22.7 Å². The predicted molar refractivity (Wildman–Crippen MR) is 62.3 cm³/mol. The third-order valence-corrected chi connectivity index (χ3v) is 3.07. The van der Waals surface area contributed by atoms with Crippen molar-refractivity contribution in [1.82, 2.24) is 0 Å². The fourth-order valence-electron chi connectivity index (χ4n) is 1.57. The van der Waals surface area contributed by atoms with Gasteiger partial charge in [-0.2, -0.15) is 0 Å². The molecule has 0 atom stereocenters. The molecule has 0 N–H and O–H groups in total. The maximum atomic E-state index is 6.10. The van der Waals surface area contributed by atoms with E-state index in [1.54, 1.807) is 0 Å². The van der Waals surface area contributed by atoms with Gasteiger partial charge in [0, 0.05) is 16.9 Å². The van der Waals surface area contributed by atoms with E-state index in [2.05, 4.69) is 19.0 Å². The summed E-state index contributed by atoms with van der Waals surface area (Å²) in [5, 5.41) is 4.88. The largest absolute Gasteiger partial charge is 0.395 e. The topological polar surface area (TPSA) is 21.6 Å². The van der Waals surface area contributed by atoms with Crippen molar-refractivity contribution in [2.24, 2.45) is 10.6 Å². The number of benzene rings is 1. The highest BCUT2D eigenvalue weighted by Crippen LogP contribution is 2.28. The molecule has 0 aromatic heterocycles. The summed E-state index contributed by atoms with van der Waals surface area (Å²) in [5.74, 6) is 0. The minimum absolute atomic E-state index is 0.0270. The Morgan fingerprint density at radius 2 is 2.13 bits per heavy atom. The SMILES string of the molecule is CC1(C)CON=C1Cc1ccccc1Cl. The van der Waals surface area contributed by atoms with E-state index in [0.29, 0.717) is 6.61 Å². The van der Waals surface area contributed by atoms with Gasteiger partial charge in [0.1, 0.15) is 6.61 Å². The minimum atomic E-state index is 0.0270. The van der Waals surface area contributed by atoms with E-state index in [9.17, 15) is 0 Å². The van der Waals surface area contributed by atoms with Gasteiger partial charge in [-0.05, 0) is 11.6 Å². The lowest BCUT2D eigenvalue weighted by Gasteiger charge is -2.16. The Kier molecular flexibility index (Phi) is 2.70. The smallest absolute Gasteiger partial charge is 0.127 e. The average molecular weight is 224 g/mol. The molecule has 0 aliphatic carbocycles. The molecule has 3 heteroatoms. The van der Waals surface area contributed by atoms with Crippen molar-refractivity contribution in [3.05, 3.63) is 34.9 Å². The van der Waals surface area contributed by atoms with Gasteiger partial charge in [-0.15, -0.1) is 0 Å². The summed E-state index contributed by atoms with van der Waals surface area (Å²) in [4.78, 5) is 5.13. The molecule has 0 amide bonds. The molecule has 1 aromatic carbocycles. The van der Waals surface area contributed by atoms with Gasteiger partial charge in [-0.25, -0.2) is 0 Å². The second kappa shape index (κ2) is 3.86. The van der Waals surface area contributed by atoms with Gasteiger partial charge in [-0.1, -0.05) is 48.8 Å². The summed E-state index contributed by atoms with van der Waals surface area (Å²) in [7, 11) is 0. The Balaban J connectivity index is 2.20. The maximum Gasteiger partial charge on any atom is 0.127 e. The third kappa shape index (κ3) is 2.15. The van der Waals surface area contributed by atoms with Crippen LogP contribution in [-0.2, 0) is 11.3 Å². The number of hydrogen-bond donors (Lipinski definition) is 0. The lowest BCUT2D eigenvalue weighted by Crippen LogP contribution is -2.25. The Morgan fingerprint density at radius 1 is 1.40 bits per heavy atom. The lowest BCUT2D eigenvalue weighted by molar-refractivity contribution is 0.133. The van der Waals surface area contributed by atoms with Crippen LogP contribution < -0.4 is 0 Å². The molecular weight excluding hydrogens is 210 g/mol. The molecule has 1 aliphatic rings. The van der Waals surface area contributed by atoms with Crippen LogP contribution in [0.2, 0.25) is 5.02 Å². The number of oxime groups is 1. The molecule has 1 aromatic rings. The zero-order valence-corrected chi connectivity index (χ0v) is 9.71. The van der Waals surface area contributed by atoms with E-state index >= 15 is 0 Å². The molecule has 15 heavy (non-hydrogen) atoms. The number of halogens is 1. The Morgan fingerprint density at radius 3 is 2.73 bits per heavy atom. The quantitative estimate of drug-likeness (QED) is 0.754. The highest BCUT2D eigenvalue weighted by molar-refractivity contribution is 6.31. The fraction of sp³-hybridized carbons (Fsp3) is 0.417. The summed E-state index contributed by atoms with van der Waals surface area (Å²) in [6.45, 7) is 4.93. The van der Waals surface area contributed by atoms with Gasteiger partial charge in [-0.3, -0.25) is 0 Å². The molecule has 2 nitrogen and oxygen atoms in total. The summed E-state index contributed by atoms with van der Waals surface area (Å²) in [6, 6.07) is 7.86. The van der Waals surface area contributed by atoms with Crippen LogP contribution in [0.1, 0.15) is 19.4 Å². The summed E-state index contributed by atoms with van der Waals surface area (Å²) in [5.41, 5.74) is 2.20. The standard InChI is InChI=1S/C12H14ClNO/c1-12(2)8-15-14-11(12)7-9-5-3-4-6-10(9)13/h3-6H,7-8H2,1-2H3. The second-order valence-corrected chi connectivity index (χ2v) is 4.87. The van der Waals surface area contributed by atoms with E-state index in [1.165, 1.54) is 0 Å². The lowest BCUT2D eigenvalue weighted by atomic mass is 9.85. The van der Waals surface area contributed by atoms with Gasteiger partial charge >= 0.3 is 0 Å². The van der Waals surface area contributed by atoms with Crippen LogP contribution in [0.3, 0.4) is 0 Å². The van der Waals surface area contributed by atoms with Crippen LogP contribution in [0.5, 0.6) is 0 Å². The number of nitrogens with zero attached hydrogens (tertiary/aromatic N) is 1. The van der Waals surface area contributed by atoms with Crippen molar-refractivity contribution >= 4 is 17.3 Å². The first-order chi connectivity index (χ1) is 7.09. The zero-order chi connectivity index (χ0) is 10.9. The molecule has 0 saturated heterocycles. The Bertz CT molecular complexity index is 398. The van der Waals surface area contributed by atoms with Crippen LogP contribution in [0.25, 0.3) is 0 Å². The normalized spacial score (nSPS) is 18.5. The van der Waals surface area contributed by atoms with Crippen molar-refractivity contribution in [3.8, 4) is 0 Å².